The van der Waals surface area contributed by atoms with Gasteiger partial charge in [-0.3, -0.25) is 4.79 Å². The lowest BCUT2D eigenvalue weighted by Crippen LogP contribution is -2.37. The van der Waals surface area contributed by atoms with Crippen molar-refractivity contribution in [1.29, 1.82) is 0 Å². The van der Waals surface area contributed by atoms with Crippen LogP contribution >= 0.6 is 12.6 Å². The fourth-order valence-electron chi connectivity index (χ4n) is 1.92. The number of hydrogen-bond acceptors (Lipinski definition) is 2. The first-order valence-electron chi connectivity index (χ1n) is 6.25. The van der Waals surface area contributed by atoms with Gasteiger partial charge >= 0.3 is 0 Å². The van der Waals surface area contributed by atoms with Crippen LogP contribution < -0.4 is 0 Å². The zero-order chi connectivity index (χ0) is 12.3. The van der Waals surface area contributed by atoms with Gasteiger partial charge < -0.3 is 4.90 Å². The molecule has 1 aromatic carbocycles. The molecule has 0 N–H and O–H groups in total. The van der Waals surface area contributed by atoms with E-state index in [0.717, 1.165) is 25.8 Å². The number of carbonyl (C=O) groups excluding carboxylic acids is 1. The van der Waals surface area contributed by atoms with Gasteiger partial charge in [-0.1, -0.05) is 37.3 Å². The van der Waals surface area contributed by atoms with Crippen LogP contribution in [0, 0.1) is 0 Å². The van der Waals surface area contributed by atoms with Crippen molar-refractivity contribution in [2.75, 3.05) is 0 Å². The predicted octanol–water partition coefficient (Wildman–Crippen LogP) is 2.89. The summed E-state index contributed by atoms with van der Waals surface area (Å²) in [6.07, 6.45) is 3.07. The molecule has 1 amide bonds. The fourth-order valence-corrected chi connectivity index (χ4v) is 2.07. The second kappa shape index (κ2) is 5.58. The van der Waals surface area contributed by atoms with Crippen molar-refractivity contribution in [3.05, 3.63) is 35.9 Å². The molecule has 1 fully saturated rings. The van der Waals surface area contributed by atoms with E-state index in [4.69, 9.17) is 0 Å². The molecule has 0 aromatic heterocycles. The summed E-state index contributed by atoms with van der Waals surface area (Å²) < 4.78 is 0. The van der Waals surface area contributed by atoms with Crippen LogP contribution in [0.3, 0.4) is 0 Å². The molecular weight excluding hydrogens is 230 g/mol. The molecule has 1 atom stereocenters. The minimum atomic E-state index is -0.153. The third kappa shape index (κ3) is 3.25. The summed E-state index contributed by atoms with van der Waals surface area (Å²) in [5, 5.41) is -0.153. The van der Waals surface area contributed by atoms with E-state index in [1.54, 1.807) is 0 Å². The maximum Gasteiger partial charge on any atom is 0.235 e. The van der Waals surface area contributed by atoms with Gasteiger partial charge in [0.15, 0.2) is 0 Å². The van der Waals surface area contributed by atoms with Crippen LogP contribution in [0.2, 0.25) is 0 Å². The van der Waals surface area contributed by atoms with E-state index in [1.807, 2.05) is 30.0 Å². The molecule has 1 saturated carbocycles. The number of benzene rings is 1. The number of nitrogens with zero attached hydrogens (tertiary/aromatic N) is 1. The van der Waals surface area contributed by atoms with Crippen molar-refractivity contribution in [3.8, 4) is 0 Å². The van der Waals surface area contributed by atoms with E-state index in [-0.39, 0.29) is 11.2 Å². The number of rotatable bonds is 5. The van der Waals surface area contributed by atoms with Gasteiger partial charge in [0.25, 0.3) is 0 Å². The van der Waals surface area contributed by atoms with Crippen molar-refractivity contribution in [2.45, 2.75) is 44.0 Å². The summed E-state index contributed by atoms with van der Waals surface area (Å²) in [5.41, 5.74) is 1.20. The van der Waals surface area contributed by atoms with Gasteiger partial charge in [-0.15, -0.1) is 0 Å². The third-order valence-electron chi connectivity index (χ3n) is 3.14. The first-order valence-corrected chi connectivity index (χ1v) is 6.76. The second-order valence-electron chi connectivity index (χ2n) is 4.61. The summed E-state index contributed by atoms with van der Waals surface area (Å²) >= 11 is 4.36. The van der Waals surface area contributed by atoms with Crippen LogP contribution in [0.1, 0.15) is 31.7 Å². The van der Waals surface area contributed by atoms with Crippen LogP contribution in [0.4, 0.5) is 0 Å². The molecule has 0 saturated heterocycles. The molecule has 3 heteroatoms. The highest BCUT2D eigenvalue weighted by molar-refractivity contribution is 7.81. The first-order chi connectivity index (χ1) is 8.22. The van der Waals surface area contributed by atoms with E-state index in [0.29, 0.717) is 6.04 Å². The third-order valence-corrected chi connectivity index (χ3v) is 3.72. The Bertz CT molecular complexity index is 375. The van der Waals surface area contributed by atoms with Gasteiger partial charge in [-0.2, -0.15) is 12.6 Å². The van der Waals surface area contributed by atoms with Crippen LogP contribution in [-0.2, 0) is 11.3 Å². The van der Waals surface area contributed by atoms with E-state index >= 15 is 0 Å². The maximum absolute atomic E-state index is 12.2. The standard InChI is InChI=1S/C14H19NOS/c1-2-13(17)14(16)15(12-8-9-12)10-11-6-4-3-5-7-11/h3-7,12-13,17H,2,8-10H2,1H3. The highest BCUT2D eigenvalue weighted by Crippen LogP contribution is 2.29. The molecule has 0 spiro atoms. The molecule has 92 valence electrons. The Kier molecular flexibility index (Phi) is 4.11. The van der Waals surface area contributed by atoms with Crippen LogP contribution in [0.15, 0.2) is 30.3 Å². The molecule has 0 aliphatic heterocycles. The van der Waals surface area contributed by atoms with Gasteiger partial charge in [0.2, 0.25) is 5.91 Å². The lowest BCUT2D eigenvalue weighted by atomic mass is 10.2. The molecule has 0 radical (unpaired) electrons. The smallest absolute Gasteiger partial charge is 0.235 e. The highest BCUT2D eigenvalue weighted by atomic mass is 32.1. The number of amides is 1. The summed E-state index contributed by atoms with van der Waals surface area (Å²) in [6, 6.07) is 10.6. The molecule has 2 nitrogen and oxygen atoms in total. The lowest BCUT2D eigenvalue weighted by molar-refractivity contribution is -0.131. The molecular formula is C14H19NOS. The molecule has 1 aromatic rings. The molecule has 2 rings (SSSR count). The van der Waals surface area contributed by atoms with Gasteiger partial charge in [0.1, 0.15) is 0 Å². The van der Waals surface area contributed by atoms with Crippen LogP contribution in [0.25, 0.3) is 0 Å². The molecule has 1 aliphatic rings. The summed E-state index contributed by atoms with van der Waals surface area (Å²) in [7, 11) is 0. The number of carbonyl (C=O) groups is 1. The molecule has 0 bridgehead atoms. The Labute approximate surface area is 108 Å². The SMILES string of the molecule is CCC(S)C(=O)N(Cc1ccccc1)C1CC1. The average molecular weight is 249 g/mol. The van der Waals surface area contributed by atoms with Crippen molar-refractivity contribution in [2.24, 2.45) is 0 Å². The Morgan fingerprint density at radius 2 is 2.06 bits per heavy atom. The molecule has 17 heavy (non-hydrogen) atoms. The maximum atomic E-state index is 12.2. The van der Waals surface area contributed by atoms with E-state index in [1.165, 1.54) is 5.56 Å². The Morgan fingerprint density at radius 1 is 1.41 bits per heavy atom. The number of hydrogen-bond donors (Lipinski definition) is 1. The quantitative estimate of drug-likeness (QED) is 0.796. The largest absolute Gasteiger partial charge is 0.334 e. The van der Waals surface area contributed by atoms with Gasteiger partial charge in [-0.25, -0.2) is 0 Å². The highest BCUT2D eigenvalue weighted by Gasteiger charge is 2.34. The van der Waals surface area contributed by atoms with Crippen LogP contribution in [-0.4, -0.2) is 22.1 Å². The van der Waals surface area contributed by atoms with Crippen molar-refractivity contribution in [1.82, 2.24) is 4.90 Å². The lowest BCUT2D eigenvalue weighted by Gasteiger charge is -2.25. The van der Waals surface area contributed by atoms with Crippen molar-refractivity contribution in [3.63, 3.8) is 0 Å². The van der Waals surface area contributed by atoms with Crippen molar-refractivity contribution < 1.29 is 4.79 Å². The van der Waals surface area contributed by atoms with Gasteiger partial charge in [0.05, 0.1) is 5.25 Å². The monoisotopic (exact) mass is 249 g/mol. The molecule has 0 heterocycles. The fraction of sp³-hybridized carbons (Fsp3) is 0.500. The topological polar surface area (TPSA) is 20.3 Å². The summed E-state index contributed by atoms with van der Waals surface area (Å²) in [5.74, 6) is 0.183. The van der Waals surface area contributed by atoms with Crippen LogP contribution in [0.5, 0.6) is 0 Å². The Morgan fingerprint density at radius 3 is 2.59 bits per heavy atom. The first kappa shape index (κ1) is 12.5. The minimum Gasteiger partial charge on any atom is -0.334 e. The number of thiol groups is 1. The Hall–Kier alpha value is -0.960. The van der Waals surface area contributed by atoms with E-state index in [2.05, 4.69) is 24.8 Å². The summed E-state index contributed by atoms with van der Waals surface area (Å²) in [6.45, 7) is 2.73. The zero-order valence-electron chi connectivity index (χ0n) is 10.2. The molecule has 1 unspecified atom stereocenters. The minimum absolute atomic E-state index is 0.153. The normalized spacial score (nSPS) is 16.6. The zero-order valence-corrected chi connectivity index (χ0v) is 11.1. The average Bonchev–Trinajstić information content (AvgIpc) is 3.19. The Balaban J connectivity index is 2.05. The van der Waals surface area contributed by atoms with E-state index in [9.17, 15) is 4.79 Å². The van der Waals surface area contributed by atoms with Crippen molar-refractivity contribution >= 4 is 18.5 Å². The van der Waals surface area contributed by atoms with Gasteiger partial charge in [-0.05, 0) is 24.8 Å². The second-order valence-corrected chi connectivity index (χ2v) is 5.23. The molecule has 1 aliphatic carbocycles. The van der Waals surface area contributed by atoms with Gasteiger partial charge in [0, 0.05) is 12.6 Å². The van der Waals surface area contributed by atoms with E-state index < -0.39 is 0 Å². The predicted molar refractivity (Wildman–Crippen MR) is 73.1 cm³/mol. The summed E-state index contributed by atoms with van der Waals surface area (Å²) in [4.78, 5) is 14.2.